The van der Waals surface area contributed by atoms with Crippen LogP contribution >= 0.6 is 27.7 Å². The van der Waals surface area contributed by atoms with Crippen LogP contribution in [0.2, 0.25) is 0 Å². The minimum absolute atomic E-state index is 0.884. The number of nitrogens with one attached hydrogen (secondary N) is 1. The lowest BCUT2D eigenvalue weighted by atomic mass is 10.0. The minimum Gasteiger partial charge on any atom is -0.316 e. The molecule has 1 fully saturated rings. The summed E-state index contributed by atoms with van der Waals surface area (Å²) < 4.78 is 1.16. The van der Waals surface area contributed by atoms with Gasteiger partial charge in [-0.15, -0.1) is 0 Å². The summed E-state index contributed by atoms with van der Waals surface area (Å²) in [5.74, 6) is 3.32. The van der Waals surface area contributed by atoms with Crippen LogP contribution in [0.1, 0.15) is 18.4 Å². The van der Waals surface area contributed by atoms with Gasteiger partial charge in [0.05, 0.1) is 0 Å². The van der Waals surface area contributed by atoms with Gasteiger partial charge < -0.3 is 5.32 Å². The zero-order valence-electron chi connectivity index (χ0n) is 9.42. The molecule has 16 heavy (non-hydrogen) atoms. The van der Waals surface area contributed by atoms with Crippen molar-refractivity contribution < 1.29 is 0 Å². The Labute approximate surface area is 111 Å². The topological polar surface area (TPSA) is 12.0 Å². The first-order valence-electron chi connectivity index (χ1n) is 5.87. The molecular formula is C13H18BrNS. The maximum Gasteiger partial charge on any atom is 0.0184 e. The average Bonchev–Trinajstić information content (AvgIpc) is 2.33. The van der Waals surface area contributed by atoms with Crippen molar-refractivity contribution >= 4 is 27.7 Å². The van der Waals surface area contributed by atoms with Crippen molar-refractivity contribution in [1.82, 2.24) is 5.32 Å². The zero-order chi connectivity index (χ0) is 11.2. The standard InChI is InChI=1S/C13H18BrNS/c14-13-5-3-11(4-6-13)9-16-10-12-2-1-7-15-8-12/h3-6,12,15H,1-2,7-10H2. The van der Waals surface area contributed by atoms with E-state index in [1.807, 2.05) is 0 Å². The lowest BCUT2D eigenvalue weighted by Gasteiger charge is -2.22. The molecule has 0 spiro atoms. The van der Waals surface area contributed by atoms with E-state index in [-0.39, 0.29) is 0 Å². The van der Waals surface area contributed by atoms with Gasteiger partial charge in [0.2, 0.25) is 0 Å². The first-order valence-corrected chi connectivity index (χ1v) is 7.82. The zero-order valence-corrected chi connectivity index (χ0v) is 11.8. The molecule has 0 aromatic heterocycles. The van der Waals surface area contributed by atoms with Gasteiger partial charge in [-0.25, -0.2) is 0 Å². The van der Waals surface area contributed by atoms with Crippen molar-refractivity contribution in [3.63, 3.8) is 0 Å². The molecule has 2 rings (SSSR count). The van der Waals surface area contributed by atoms with E-state index in [9.17, 15) is 0 Å². The third kappa shape index (κ3) is 4.11. The molecule has 1 aromatic rings. The molecule has 0 amide bonds. The van der Waals surface area contributed by atoms with Crippen molar-refractivity contribution in [1.29, 1.82) is 0 Å². The molecule has 1 atom stereocenters. The smallest absolute Gasteiger partial charge is 0.0184 e. The number of hydrogen-bond donors (Lipinski definition) is 1. The number of thioether (sulfide) groups is 1. The van der Waals surface area contributed by atoms with E-state index in [0.717, 1.165) is 16.1 Å². The van der Waals surface area contributed by atoms with E-state index in [4.69, 9.17) is 0 Å². The van der Waals surface area contributed by atoms with Gasteiger partial charge in [0.25, 0.3) is 0 Å². The molecule has 1 saturated heterocycles. The summed E-state index contributed by atoms with van der Waals surface area (Å²) in [5, 5.41) is 3.47. The highest BCUT2D eigenvalue weighted by atomic mass is 79.9. The molecule has 1 N–H and O–H groups in total. The van der Waals surface area contributed by atoms with Crippen LogP contribution in [0.3, 0.4) is 0 Å². The molecular weight excluding hydrogens is 282 g/mol. The van der Waals surface area contributed by atoms with Gasteiger partial charge in [0.15, 0.2) is 0 Å². The Kier molecular flexibility index (Phi) is 5.20. The summed E-state index contributed by atoms with van der Waals surface area (Å²) in [6.45, 7) is 2.43. The molecule has 1 heterocycles. The lowest BCUT2D eigenvalue weighted by Crippen LogP contribution is -2.30. The van der Waals surface area contributed by atoms with Crippen LogP contribution in [-0.4, -0.2) is 18.8 Å². The second-order valence-corrected chi connectivity index (χ2v) is 6.30. The van der Waals surface area contributed by atoms with Gasteiger partial charge >= 0.3 is 0 Å². The number of piperidine rings is 1. The quantitative estimate of drug-likeness (QED) is 0.910. The van der Waals surface area contributed by atoms with E-state index in [2.05, 4.69) is 57.3 Å². The van der Waals surface area contributed by atoms with Crippen LogP contribution in [0.4, 0.5) is 0 Å². The highest BCUT2D eigenvalue weighted by molar-refractivity contribution is 9.10. The summed E-state index contributed by atoms with van der Waals surface area (Å²) in [7, 11) is 0. The lowest BCUT2D eigenvalue weighted by molar-refractivity contribution is 0.410. The molecule has 1 nitrogen and oxygen atoms in total. The molecule has 1 aliphatic heterocycles. The first-order chi connectivity index (χ1) is 7.84. The predicted molar refractivity (Wildman–Crippen MR) is 75.9 cm³/mol. The largest absolute Gasteiger partial charge is 0.316 e. The van der Waals surface area contributed by atoms with Gasteiger partial charge in [-0.3, -0.25) is 0 Å². The summed E-state index contributed by atoms with van der Waals surface area (Å²) in [6, 6.07) is 8.66. The Morgan fingerprint density at radius 1 is 1.31 bits per heavy atom. The third-order valence-electron chi connectivity index (χ3n) is 2.93. The Hall–Kier alpha value is 0.01000. The Morgan fingerprint density at radius 2 is 2.12 bits per heavy atom. The van der Waals surface area contributed by atoms with Crippen molar-refractivity contribution in [3.05, 3.63) is 34.3 Å². The highest BCUT2D eigenvalue weighted by Crippen LogP contribution is 2.20. The maximum atomic E-state index is 3.47. The fourth-order valence-corrected chi connectivity index (χ4v) is 3.42. The third-order valence-corrected chi connectivity index (χ3v) is 4.71. The van der Waals surface area contributed by atoms with Gasteiger partial charge in [-0.05, 0) is 55.3 Å². The van der Waals surface area contributed by atoms with Gasteiger partial charge in [0.1, 0.15) is 0 Å². The van der Waals surface area contributed by atoms with E-state index in [0.29, 0.717) is 0 Å². The maximum absolute atomic E-state index is 3.47. The summed E-state index contributed by atoms with van der Waals surface area (Å²) in [6.07, 6.45) is 2.75. The minimum atomic E-state index is 0.884. The molecule has 0 aliphatic carbocycles. The van der Waals surface area contributed by atoms with Crippen molar-refractivity contribution in [2.45, 2.75) is 18.6 Å². The van der Waals surface area contributed by atoms with Crippen molar-refractivity contribution in [2.24, 2.45) is 5.92 Å². The van der Waals surface area contributed by atoms with Crippen LogP contribution < -0.4 is 5.32 Å². The average molecular weight is 300 g/mol. The van der Waals surface area contributed by atoms with E-state index >= 15 is 0 Å². The summed E-state index contributed by atoms with van der Waals surface area (Å²) in [4.78, 5) is 0. The number of halogens is 1. The monoisotopic (exact) mass is 299 g/mol. The van der Waals surface area contributed by atoms with E-state index < -0.39 is 0 Å². The van der Waals surface area contributed by atoms with Crippen LogP contribution in [0.25, 0.3) is 0 Å². The molecule has 0 bridgehead atoms. The number of hydrogen-bond acceptors (Lipinski definition) is 2. The molecule has 0 radical (unpaired) electrons. The number of benzene rings is 1. The van der Waals surface area contributed by atoms with Crippen LogP contribution in [0, 0.1) is 5.92 Å². The second kappa shape index (κ2) is 6.67. The Morgan fingerprint density at radius 3 is 2.81 bits per heavy atom. The summed E-state index contributed by atoms with van der Waals surface area (Å²) in [5.41, 5.74) is 1.43. The van der Waals surface area contributed by atoms with E-state index in [1.165, 1.54) is 37.2 Å². The van der Waals surface area contributed by atoms with Gasteiger partial charge in [0, 0.05) is 10.2 Å². The molecule has 1 unspecified atom stereocenters. The number of rotatable bonds is 4. The molecule has 0 saturated carbocycles. The molecule has 1 aromatic carbocycles. The van der Waals surface area contributed by atoms with Crippen molar-refractivity contribution in [3.8, 4) is 0 Å². The Bertz CT molecular complexity index is 306. The van der Waals surface area contributed by atoms with Crippen LogP contribution in [0.5, 0.6) is 0 Å². The fraction of sp³-hybridized carbons (Fsp3) is 0.538. The van der Waals surface area contributed by atoms with Crippen LogP contribution in [-0.2, 0) is 5.75 Å². The second-order valence-electron chi connectivity index (χ2n) is 4.35. The van der Waals surface area contributed by atoms with Gasteiger partial charge in [-0.1, -0.05) is 28.1 Å². The normalized spacial score (nSPS) is 20.9. The predicted octanol–water partition coefficient (Wildman–Crippen LogP) is 3.68. The first kappa shape index (κ1) is 12.5. The molecule has 88 valence electrons. The molecule has 3 heteroatoms. The van der Waals surface area contributed by atoms with Gasteiger partial charge in [-0.2, -0.15) is 11.8 Å². The summed E-state index contributed by atoms with van der Waals surface area (Å²) >= 11 is 5.52. The van der Waals surface area contributed by atoms with E-state index in [1.54, 1.807) is 0 Å². The molecule has 1 aliphatic rings. The fourth-order valence-electron chi connectivity index (χ4n) is 1.99. The SMILES string of the molecule is Brc1ccc(CSCC2CCCNC2)cc1. The van der Waals surface area contributed by atoms with Crippen LogP contribution in [0.15, 0.2) is 28.7 Å². The highest BCUT2D eigenvalue weighted by Gasteiger charge is 2.12. The Balaban J connectivity index is 1.69. The van der Waals surface area contributed by atoms with Crippen molar-refractivity contribution in [2.75, 3.05) is 18.8 Å².